The highest BCUT2D eigenvalue weighted by Crippen LogP contribution is 2.36. The smallest absolute Gasteiger partial charge is 0.233 e. The number of benzene rings is 2. The molecule has 0 spiro atoms. The summed E-state index contributed by atoms with van der Waals surface area (Å²) in [6, 6.07) is 17.7. The molecule has 4 nitrogen and oxygen atoms in total. The number of hydrogen-bond acceptors (Lipinski definition) is 4. The Morgan fingerprint density at radius 2 is 1.73 bits per heavy atom. The fraction of sp³-hybridized carbons (Fsp3) is 0.111. The summed E-state index contributed by atoms with van der Waals surface area (Å²) in [6.07, 6.45) is 0.552. The monoisotopic (exact) mass is 290 g/mol. The number of aromatic nitrogens is 2. The predicted octanol–water partition coefficient (Wildman–Crippen LogP) is 3.33. The van der Waals surface area contributed by atoms with Crippen molar-refractivity contribution in [2.45, 2.75) is 13.0 Å². The van der Waals surface area contributed by atoms with Gasteiger partial charge in [0.15, 0.2) is 0 Å². The first kappa shape index (κ1) is 12.8. The van der Waals surface area contributed by atoms with Crippen molar-refractivity contribution in [2.24, 2.45) is 0 Å². The predicted molar refractivity (Wildman–Crippen MR) is 82.7 cm³/mol. The SMILES string of the molecule is Oc1nc2c(nc1Cc1ccccc1)-c1ccccc1OC2. The van der Waals surface area contributed by atoms with Gasteiger partial charge in [0.05, 0.1) is 5.69 Å². The summed E-state index contributed by atoms with van der Waals surface area (Å²) < 4.78 is 5.65. The minimum absolute atomic E-state index is 0.0226. The molecule has 0 amide bonds. The molecule has 0 saturated heterocycles. The van der Waals surface area contributed by atoms with Crippen molar-refractivity contribution in [1.29, 1.82) is 0 Å². The molecule has 0 bridgehead atoms. The van der Waals surface area contributed by atoms with Gasteiger partial charge in [-0.15, -0.1) is 0 Å². The lowest BCUT2D eigenvalue weighted by molar-refractivity contribution is 0.293. The molecule has 0 unspecified atom stereocenters. The number of ether oxygens (including phenoxy) is 1. The summed E-state index contributed by atoms with van der Waals surface area (Å²) >= 11 is 0. The third kappa shape index (κ3) is 2.19. The first-order valence-corrected chi connectivity index (χ1v) is 7.16. The topological polar surface area (TPSA) is 55.2 Å². The Bertz CT molecular complexity index is 832. The third-order valence-electron chi connectivity index (χ3n) is 3.74. The second-order valence-corrected chi connectivity index (χ2v) is 5.24. The van der Waals surface area contributed by atoms with E-state index in [4.69, 9.17) is 4.74 Å². The highest BCUT2D eigenvalue weighted by molar-refractivity contribution is 5.71. The fourth-order valence-electron chi connectivity index (χ4n) is 2.65. The molecular formula is C18H14N2O2. The van der Waals surface area contributed by atoms with Crippen LogP contribution in [0, 0.1) is 0 Å². The van der Waals surface area contributed by atoms with E-state index in [1.165, 1.54) is 0 Å². The van der Waals surface area contributed by atoms with Crippen molar-refractivity contribution >= 4 is 0 Å². The maximum atomic E-state index is 10.1. The van der Waals surface area contributed by atoms with Crippen molar-refractivity contribution in [2.75, 3.05) is 0 Å². The van der Waals surface area contributed by atoms with Crippen LogP contribution in [0.2, 0.25) is 0 Å². The summed E-state index contributed by atoms with van der Waals surface area (Å²) in [7, 11) is 0. The van der Waals surface area contributed by atoms with Crippen LogP contribution in [0.4, 0.5) is 0 Å². The molecule has 22 heavy (non-hydrogen) atoms. The Morgan fingerprint density at radius 3 is 2.59 bits per heavy atom. The molecule has 1 N–H and O–H groups in total. The molecule has 2 aromatic carbocycles. The Balaban J connectivity index is 1.80. The van der Waals surface area contributed by atoms with E-state index >= 15 is 0 Å². The van der Waals surface area contributed by atoms with Crippen molar-refractivity contribution in [3.63, 3.8) is 0 Å². The fourth-order valence-corrected chi connectivity index (χ4v) is 2.65. The number of hydrogen-bond donors (Lipinski definition) is 1. The van der Waals surface area contributed by atoms with Gasteiger partial charge in [0.2, 0.25) is 5.88 Å². The molecule has 1 aliphatic heterocycles. The van der Waals surface area contributed by atoms with Crippen LogP contribution < -0.4 is 4.74 Å². The van der Waals surface area contributed by atoms with E-state index in [-0.39, 0.29) is 5.88 Å². The second-order valence-electron chi connectivity index (χ2n) is 5.24. The highest BCUT2D eigenvalue weighted by Gasteiger charge is 2.22. The molecule has 0 aliphatic carbocycles. The van der Waals surface area contributed by atoms with Gasteiger partial charge in [0.1, 0.15) is 23.7 Å². The highest BCUT2D eigenvalue weighted by atomic mass is 16.5. The first-order chi connectivity index (χ1) is 10.8. The van der Waals surface area contributed by atoms with Crippen molar-refractivity contribution in [3.05, 3.63) is 71.5 Å². The number of aromatic hydroxyl groups is 1. The van der Waals surface area contributed by atoms with Gasteiger partial charge >= 0.3 is 0 Å². The average Bonchev–Trinajstić information content (AvgIpc) is 2.56. The zero-order valence-corrected chi connectivity index (χ0v) is 11.9. The van der Waals surface area contributed by atoms with Crippen LogP contribution >= 0.6 is 0 Å². The molecule has 0 fully saturated rings. The number of para-hydroxylation sites is 1. The molecule has 3 aromatic rings. The van der Waals surface area contributed by atoms with E-state index in [1.54, 1.807) is 0 Å². The van der Waals surface area contributed by atoms with Gasteiger partial charge in [-0.3, -0.25) is 0 Å². The van der Waals surface area contributed by atoms with Crippen LogP contribution in [0.5, 0.6) is 11.6 Å². The van der Waals surface area contributed by atoms with E-state index in [0.717, 1.165) is 22.6 Å². The molecule has 0 saturated carbocycles. The zero-order valence-electron chi connectivity index (χ0n) is 11.9. The van der Waals surface area contributed by atoms with E-state index < -0.39 is 0 Å². The lowest BCUT2D eigenvalue weighted by atomic mass is 10.0. The maximum absolute atomic E-state index is 10.1. The summed E-state index contributed by atoms with van der Waals surface area (Å²) in [6.45, 7) is 0.332. The molecule has 1 aromatic heterocycles. The second kappa shape index (κ2) is 5.15. The van der Waals surface area contributed by atoms with Crippen LogP contribution in [-0.4, -0.2) is 15.1 Å². The van der Waals surface area contributed by atoms with Gasteiger partial charge in [-0.2, -0.15) is 0 Å². The summed E-state index contributed by atoms with van der Waals surface area (Å²) in [5.74, 6) is 0.784. The van der Waals surface area contributed by atoms with E-state index in [2.05, 4.69) is 9.97 Å². The minimum atomic E-state index is -0.0226. The largest absolute Gasteiger partial charge is 0.492 e. The summed E-state index contributed by atoms with van der Waals surface area (Å²) in [5, 5.41) is 10.1. The summed E-state index contributed by atoms with van der Waals surface area (Å²) in [5.41, 5.74) is 4.07. The van der Waals surface area contributed by atoms with Crippen LogP contribution in [-0.2, 0) is 13.0 Å². The molecule has 0 radical (unpaired) electrons. The first-order valence-electron chi connectivity index (χ1n) is 7.16. The Hall–Kier alpha value is -2.88. The Labute approximate surface area is 128 Å². The molecule has 4 rings (SSSR count). The van der Waals surface area contributed by atoms with Gasteiger partial charge in [0, 0.05) is 12.0 Å². The van der Waals surface area contributed by atoms with E-state index in [9.17, 15) is 5.11 Å². The van der Waals surface area contributed by atoms with Gasteiger partial charge in [-0.05, 0) is 17.7 Å². The number of nitrogens with zero attached hydrogens (tertiary/aromatic N) is 2. The van der Waals surface area contributed by atoms with Crippen LogP contribution in [0.3, 0.4) is 0 Å². The van der Waals surface area contributed by atoms with Gasteiger partial charge < -0.3 is 9.84 Å². The normalized spacial score (nSPS) is 12.2. The lowest BCUT2D eigenvalue weighted by Crippen LogP contribution is -2.11. The van der Waals surface area contributed by atoms with Crippen LogP contribution in [0.1, 0.15) is 17.0 Å². The molecule has 4 heteroatoms. The number of rotatable bonds is 2. The van der Waals surface area contributed by atoms with Gasteiger partial charge in [0.25, 0.3) is 0 Å². The van der Waals surface area contributed by atoms with Gasteiger partial charge in [-0.25, -0.2) is 9.97 Å². The lowest BCUT2D eigenvalue weighted by Gasteiger charge is -2.20. The third-order valence-corrected chi connectivity index (χ3v) is 3.74. The van der Waals surface area contributed by atoms with Crippen molar-refractivity contribution in [3.8, 4) is 22.9 Å². The average molecular weight is 290 g/mol. The molecule has 0 atom stereocenters. The van der Waals surface area contributed by atoms with Crippen molar-refractivity contribution in [1.82, 2.24) is 9.97 Å². The molecule has 1 aliphatic rings. The quantitative estimate of drug-likeness (QED) is 0.786. The maximum Gasteiger partial charge on any atom is 0.233 e. The molecule has 108 valence electrons. The standard InChI is InChI=1S/C18H14N2O2/c21-18-14(10-12-6-2-1-3-7-12)19-17-13-8-4-5-9-16(13)22-11-15(17)20-18/h1-9H,10-11H2,(H,20,21). The molecule has 2 heterocycles. The van der Waals surface area contributed by atoms with E-state index in [0.29, 0.717) is 24.4 Å². The number of fused-ring (bicyclic) bond motifs is 3. The Morgan fingerprint density at radius 1 is 0.955 bits per heavy atom. The van der Waals surface area contributed by atoms with Gasteiger partial charge in [-0.1, -0.05) is 42.5 Å². The van der Waals surface area contributed by atoms with E-state index in [1.807, 2.05) is 54.6 Å². The van der Waals surface area contributed by atoms with Crippen molar-refractivity contribution < 1.29 is 9.84 Å². The van der Waals surface area contributed by atoms with Crippen LogP contribution in [0.15, 0.2) is 54.6 Å². The Kier molecular flexibility index (Phi) is 3.00. The zero-order chi connectivity index (χ0) is 14.9. The summed E-state index contributed by atoms with van der Waals surface area (Å²) in [4.78, 5) is 8.93. The molecular weight excluding hydrogens is 276 g/mol. The van der Waals surface area contributed by atoms with Crippen LogP contribution in [0.25, 0.3) is 11.3 Å². The minimum Gasteiger partial charge on any atom is -0.492 e.